The highest BCUT2D eigenvalue weighted by atomic mass is 35.5. The molecule has 0 fully saturated rings. The Kier molecular flexibility index (Phi) is 6.67. The Balaban J connectivity index is 2.19. The zero-order valence-electron chi connectivity index (χ0n) is 14.1. The molecule has 0 saturated heterocycles. The van der Waals surface area contributed by atoms with Crippen LogP contribution in [-0.2, 0) is 0 Å². The van der Waals surface area contributed by atoms with Gasteiger partial charge in [0.15, 0.2) is 11.5 Å². The molecule has 0 aromatic heterocycles. The molecule has 2 aromatic carbocycles. The third-order valence-corrected chi connectivity index (χ3v) is 3.63. The number of carbonyl (C=O) groups is 1. The van der Waals surface area contributed by atoms with Crippen LogP contribution in [-0.4, -0.2) is 19.1 Å². The molecule has 2 rings (SSSR count). The minimum absolute atomic E-state index is 0.290. The number of benzene rings is 2. The first-order valence-corrected chi connectivity index (χ1v) is 8.37. The van der Waals surface area contributed by atoms with Crippen LogP contribution in [0, 0.1) is 11.3 Å². The Morgan fingerprint density at radius 2 is 1.96 bits per heavy atom. The van der Waals surface area contributed by atoms with Gasteiger partial charge in [-0.25, -0.2) is 0 Å². The summed E-state index contributed by atoms with van der Waals surface area (Å²) in [4.78, 5) is 12.4. The molecular weight excluding hydrogens is 340 g/mol. The first kappa shape index (κ1) is 18.6. The number of hydrogen-bond acceptors (Lipinski definition) is 4. The lowest BCUT2D eigenvalue weighted by Gasteiger charge is -2.13. The number of rotatable bonds is 7. The van der Waals surface area contributed by atoms with Crippen LogP contribution in [0.1, 0.15) is 36.2 Å². The zero-order valence-corrected chi connectivity index (χ0v) is 14.9. The van der Waals surface area contributed by atoms with E-state index in [2.05, 4.69) is 5.32 Å². The third kappa shape index (κ3) is 4.88. The SMILES string of the molecule is CCCOc1ccc(C(=O)Nc2ccc(C#N)c(Cl)c2)cc1OCC. The van der Waals surface area contributed by atoms with Crippen LogP contribution in [0.5, 0.6) is 11.5 Å². The van der Waals surface area contributed by atoms with Gasteiger partial charge in [-0.1, -0.05) is 18.5 Å². The predicted octanol–water partition coefficient (Wildman–Crippen LogP) is 4.65. The second-order valence-electron chi connectivity index (χ2n) is 5.20. The molecule has 0 aliphatic rings. The highest BCUT2D eigenvalue weighted by Gasteiger charge is 2.12. The van der Waals surface area contributed by atoms with Gasteiger partial charge < -0.3 is 14.8 Å². The van der Waals surface area contributed by atoms with Crippen LogP contribution >= 0.6 is 11.6 Å². The van der Waals surface area contributed by atoms with Crippen molar-refractivity contribution in [1.29, 1.82) is 5.26 Å². The Labute approximate surface area is 152 Å². The first-order chi connectivity index (χ1) is 12.1. The maximum atomic E-state index is 12.4. The van der Waals surface area contributed by atoms with Gasteiger partial charge in [-0.15, -0.1) is 0 Å². The van der Waals surface area contributed by atoms with Crippen molar-refractivity contribution in [3.8, 4) is 17.6 Å². The highest BCUT2D eigenvalue weighted by molar-refractivity contribution is 6.32. The smallest absolute Gasteiger partial charge is 0.255 e. The summed E-state index contributed by atoms with van der Waals surface area (Å²) in [5.41, 5.74) is 1.31. The van der Waals surface area contributed by atoms with Crippen molar-refractivity contribution < 1.29 is 14.3 Å². The van der Waals surface area contributed by atoms with E-state index in [0.29, 0.717) is 46.5 Å². The average Bonchev–Trinajstić information content (AvgIpc) is 2.61. The lowest BCUT2D eigenvalue weighted by Crippen LogP contribution is -2.12. The average molecular weight is 359 g/mol. The van der Waals surface area contributed by atoms with Gasteiger partial charge in [0.25, 0.3) is 5.91 Å². The van der Waals surface area contributed by atoms with E-state index in [1.54, 1.807) is 36.4 Å². The fraction of sp³-hybridized carbons (Fsp3) is 0.263. The molecular formula is C19H19ClN2O3. The summed E-state index contributed by atoms with van der Waals surface area (Å²) >= 11 is 5.98. The monoisotopic (exact) mass is 358 g/mol. The Morgan fingerprint density at radius 1 is 1.16 bits per heavy atom. The van der Waals surface area contributed by atoms with Crippen LogP contribution in [0.2, 0.25) is 5.02 Å². The molecule has 6 heteroatoms. The topological polar surface area (TPSA) is 71.3 Å². The second kappa shape index (κ2) is 8.95. The maximum Gasteiger partial charge on any atom is 0.255 e. The van der Waals surface area contributed by atoms with E-state index in [1.165, 1.54) is 0 Å². The summed E-state index contributed by atoms with van der Waals surface area (Å²) in [5, 5.41) is 11.9. The van der Waals surface area contributed by atoms with Gasteiger partial charge in [0, 0.05) is 11.3 Å². The third-order valence-electron chi connectivity index (χ3n) is 3.31. The highest BCUT2D eigenvalue weighted by Crippen LogP contribution is 2.29. The number of hydrogen-bond donors (Lipinski definition) is 1. The lowest BCUT2D eigenvalue weighted by molar-refractivity contribution is 0.102. The molecule has 0 spiro atoms. The van der Waals surface area contributed by atoms with Crippen molar-refractivity contribution >= 4 is 23.2 Å². The molecule has 0 heterocycles. The molecule has 0 aliphatic heterocycles. The van der Waals surface area contributed by atoms with Crippen molar-refractivity contribution in [2.75, 3.05) is 18.5 Å². The van der Waals surface area contributed by atoms with Crippen LogP contribution in [0.25, 0.3) is 0 Å². The quantitative estimate of drug-likeness (QED) is 0.781. The number of halogens is 1. The van der Waals surface area contributed by atoms with Gasteiger partial charge >= 0.3 is 0 Å². The maximum absolute atomic E-state index is 12.4. The molecule has 130 valence electrons. The van der Waals surface area contributed by atoms with Crippen LogP contribution in [0.3, 0.4) is 0 Å². The Bertz CT molecular complexity index is 800. The summed E-state index contributed by atoms with van der Waals surface area (Å²) in [7, 11) is 0. The fourth-order valence-electron chi connectivity index (χ4n) is 2.14. The summed E-state index contributed by atoms with van der Waals surface area (Å²) in [5.74, 6) is 0.840. The number of nitriles is 1. The van der Waals surface area contributed by atoms with E-state index in [9.17, 15) is 4.79 Å². The first-order valence-electron chi connectivity index (χ1n) is 7.99. The van der Waals surface area contributed by atoms with E-state index in [1.807, 2.05) is 19.9 Å². The fourth-order valence-corrected chi connectivity index (χ4v) is 2.36. The number of nitrogens with one attached hydrogen (secondary N) is 1. The molecule has 0 unspecified atom stereocenters. The molecule has 2 aromatic rings. The molecule has 0 atom stereocenters. The van der Waals surface area contributed by atoms with Crippen molar-refractivity contribution in [2.24, 2.45) is 0 Å². The van der Waals surface area contributed by atoms with Crippen molar-refractivity contribution in [2.45, 2.75) is 20.3 Å². The predicted molar refractivity (Wildman–Crippen MR) is 97.5 cm³/mol. The van der Waals surface area contributed by atoms with Gasteiger partial charge in [-0.2, -0.15) is 5.26 Å². The van der Waals surface area contributed by atoms with E-state index < -0.39 is 0 Å². The Hall–Kier alpha value is -2.71. The lowest BCUT2D eigenvalue weighted by atomic mass is 10.1. The normalized spacial score (nSPS) is 10.0. The van der Waals surface area contributed by atoms with Crippen LogP contribution in [0.4, 0.5) is 5.69 Å². The molecule has 0 radical (unpaired) electrons. The number of amides is 1. The van der Waals surface area contributed by atoms with Crippen molar-refractivity contribution in [1.82, 2.24) is 0 Å². The second-order valence-corrected chi connectivity index (χ2v) is 5.61. The van der Waals surface area contributed by atoms with Crippen molar-refractivity contribution in [3.05, 3.63) is 52.5 Å². The van der Waals surface area contributed by atoms with Crippen LogP contribution in [0.15, 0.2) is 36.4 Å². The van der Waals surface area contributed by atoms with E-state index >= 15 is 0 Å². The standard InChI is InChI=1S/C19H19ClN2O3/c1-3-9-25-17-8-6-13(10-18(17)24-4-2)19(23)22-15-7-5-14(12-21)16(20)11-15/h5-8,10-11H,3-4,9H2,1-2H3,(H,22,23). The molecule has 25 heavy (non-hydrogen) atoms. The van der Waals surface area contributed by atoms with Crippen LogP contribution < -0.4 is 14.8 Å². The largest absolute Gasteiger partial charge is 0.490 e. The van der Waals surface area contributed by atoms with Gasteiger partial charge in [0.1, 0.15) is 6.07 Å². The number of anilines is 1. The van der Waals surface area contributed by atoms with Gasteiger partial charge in [0.2, 0.25) is 0 Å². The summed E-state index contributed by atoms with van der Waals surface area (Å²) in [6, 6.07) is 11.8. The zero-order chi connectivity index (χ0) is 18.2. The van der Waals surface area contributed by atoms with Crippen molar-refractivity contribution in [3.63, 3.8) is 0 Å². The molecule has 5 nitrogen and oxygen atoms in total. The summed E-state index contributed by atoms with van der Waals surface area (Å²) in [6.45, 7) is 4.94. The minimum Gasteiger partial charge on any atom is -0.490 e. The summed E-state index contributed by atoms with van der Waals surface area (Å²) < 4.78 is 11.2. The van der Waals surface area contributed by atoms with E-state index in [0.717, 1.165) is 6.42 Å². The molecule has 0 aliphatic carbocycles. The molecule has 0 saturated carbocycles. The summed E-state index contributed by atoms with van der Waals surface area (Å²) in [6.07, 6.45) is 0.882. The number of ether oxygens (including phenoxy) is 2. The Morgan fingerprint density at radius 3 is 2.60 bits per heavy atom. The minimum atomic E-state index is -0.302. The molecule has 1 N–H and O–H groups in total. The van der Waals surface area contributed by atoms with E-state index in [-0.39, 0.29) is 5.91 Å². The molecule has 0 bridgehead atoms. The van der Waals surface area contributed by atoms with Gasteiger partial charge in [-0.3, -0.25) is 4.79 Å². The van der Waals surface area contributed by atoms with Gasteiger partial charge in [-0.05, 0) is 49.7 Å². The van der Waals surface area contributed by atoms with Gasteiger partial charge in [0.05, 0.1) is 23.8 Å². The van der Waals surface area contributed by atoms with E-state index in [4.69, 9.17) is 26.3 Å². The molecule has 1 amide bonds. The number of nitrogens with zero attached hydrogens (tertiary/aromatic N) is 1. The number of carbonyl (C=O) groups excluding carboxylic acids is 1.